The van der Waals surface area contributed by atoms with E-state index in [-0.39, 0.29) is 12.5 Å². The number of ether oxygens (including phenoxy) is 1. The predicted molar refractivity (Wildman–Crippen MR) is 100.0 cm³/mol. The van der Waals surface area contributed by atoms with Crippen LogP contribution in [0.4, 0.5) is 5.69 Å². The van der Waals surface area contributed by atoms with Crippen molar-refractivity contribution < 1.29 is 14.4 Å². The van der Waals surface area contributed by atoms with Crippen LogP contribution in [0.2, 0.25) is 0 Å². The fourth-order valence-corrected chi connectivity index (χ4v) is 3.28. The molecule has 4 nitrogen and oxygen atoms in total. The lowest BCUT2D eigenvalue weighted by Crippen LogP contribution is -3.11. The first-order valence-electron chi connectivity index (χ1n) is 9.11. The number of nitrogens with one attached hydrogen (secondary N) is 2. The van der Waals surface area contributed by atoms with Gasteiger partial charge in [-0.2, -0.15) is 0 Å². The molecule has 1 aliphatic heterocycles. The molecule has 1 saturated heterocycles. The Morgan fingerprint density at radius 2 is 1.76 bits per heavy atom. The van der Waals surface area contributed by atoms with Gasteiger partial charge in [0.2, 0.25) is 0 Å². The van der Waals surface area contributed by atoms with Crippen LogP contribution in [0.5, 0.6) is 5.75 Å². The van der Waals surface area contributed by atoms with Crippen LogP contribution in [0.15, 0.2) is 48.5 Å². The number of hydrogen-bond donors (Lipinski definition) is 2. The van der Waals surface area contributed by atoms with Crippen LogP contribution in [0.25, 0.3) is 0 Å². The summed E-state index contributed by atoms with van der Waals surface area (Å²) in [4.78, 5) is 13.7. The highest BCUT2D eigenvalue weighted by Crippen LogP contribution is 2.16. The highest BCUT2D eigenvalue weighted by Gasteiger charge is 2.13. The standard InChI is InChI=1S/C21H26N2O2/c1-17-7-3-4-8-20(17)25-16-21(24)22-19-11-9-18(10-12-19)15-23-13-5-2-6-14-23/h3-4,7-12H,2,5-6,13-16H2,1H3,(H,22,24)/p+1. The Balaban J connectivity index is 1.47. The maximum atomic E-state index is 12.1. The molecule has 4 heteroatoms. The topological polar surface area (TPSA) is 42.8 Å². The molecule has 1 fully saturated rings. The molecule has 132 valence electrons. The van der Waals surface area contributed by atoms with Crippen molar-refractivity contribution >= 4 is 11.6 Å². The van der Waals surface area contributed by atoms with Crippen molar-refractivity contribution in [2.45, 2.75) is 32.7 Å². The summed E-state index contributed by atoms with van der Waals surface area (Å²) in [5, 5.41) is 2.89. The van der Waals surface area contributed by atoms with Crippen molar-refractivity contribution in [2.75, 3.05) is 25.0 Å². The number of amides is 1. The lowest BCUT2D eigenvalue weighted by molar-refractivity contribution is -0.918. The molecule has 0 bridgehead atoms. The number of piperidine rings is 1. The summed E-state index contributed by atoms with van der Waals surface area (Å²) in [6.07, 6.45) is 4.05. The van der Waals surface area contributed by atoms with Gasteiger partial charge in [-0.25, -0.2) is 0 Å². The molecule has 1 heterocycles. The van der Waals surface area contributed by atoms with Gasteiger partial charge < -0.3 is 15.0 Å². The molecule has 2 aromatic rings. The Bertz CT molecular complexity index is 691. The van der Waals surface area contributed by atoms with Gasteiger partial charge >= 0.3 is 0 Å². The zero-order valence-corrected chi connectivity index (χ0v) is 14.9. The summed E-state index contributed by atoms with van der Waals surface area (Å²) >= 11 is 0. The first kappa shape index (κ1) is 17.5. The number of carbonyl (C=O) groups is 1. The third-order valence-corrected chi connectivity index (χ3v) is 4.70. The van der Waals surface area contributed by atoms with Crippen LogP contribution in [0.1, 0.15) is 30.4 Å². The van der Waals surface area contributed by atoms with Crippen LogP contribution < -0.4 is 15.0 Å². The fourth-order valence-electron chi connectivity index (χ4n) is 3.28. The Labute approximate surface area is 149 Å². The molecule has 3 rings (SSSR count). The number of aryl methyl sites for hydroxylation is 1. The van der Waals surface area contributed by atoms with Gasteiger partial charge in [-0.3, -0.25) is 4.79 Å². The van der Waals surface area contributed by atoms with Gasteiger partial charge in [-0.05, 0) is 49.9 Å². The Kier molecular flexibility index (Phi) is 6.07. The molecular formula is C21H27N2O2+. The van der Waals surface area contributed by atoms with Crippen molar-refractivity contribution in [3.05, 3.63) is 59.7 Å². The SMILES string of the molecule is Cc1ccccc1OCC(=O)Nc1ccc(C[NH+]2CCCCC2)cc1. The Morgan fingerprint density at radius 3 is 2.48 bits per heavy atom. The lowest BCUT2D eigenvalue weighted by Gasteiger charge is -2.23. The average Bonchev–Trinajstić information content (AvgIpc) is 2.64. The fraction of sp³-hybridized carbons (Fsp3) is 0.381. The molecule has 0 saturated carbocycles. The maximum Gasteiger partial charge on any atom is 0.262 e. The molecular weight excluding hydrogens is 312 g/mol. The largest absolute Gasteiger partial charge is 0.483 e. The summed E-state index contributed by atoms with van der Waals surface area (Å²) in [7, 11) is 0. The maximum absolute atomic E-state index is 12.1. The molecule has 0 aliphatic carbocycles. The van der Waals surface area contributed by atoms with E-state index in [0.29, 0.717) is 0 Å². The van der Waals surface area contributed by atoms with Crippen LogP contribution in [-0.4, -0.2) is 25.6 Å². The first-order valence-corrected chi connectivity index (χ1v) is 9.11. The van der Waals surface area contributed by atoms with Crippen LogP contribution in [0, 0.1) is 6.92 Å². The van der Waals surface area contributed by atoms with Gasteiger partial charge in [0, 0.05) is 11.3 Å². The highest BCUT2D eigenvalue weighted by molar-refractivity contribution is 5.91. The summed E-state index contributed by atoms with van der Waals surface area (Å²) < 4.78 is 5.58. The molecule has 1 aliphatic rings. The number of anilines is 1. The van der Waals surface area contributed by atoms with E-state index >= 15 is 0 Å². The van der Waals surface area contributed by atoms with Gasteiger partial charge in [-0.1, -0.05) is 30.3 Å². The van der Waals surface area contributed by atoms with E-state index in [9.17, 15) is 4.79 Å². The molecule has 0 spiro atoms. The van der Waals surface area contributed by atoms with E-state index < -0.39 is 0 Å². The second-order valence-corrected chi connectivity index (χ2v) is 6.79. The zero-order valence-electron chi connectivity index (χ0n) is 14.9. The number of benzene rings is 2. The first-order chi connectivity index (χ1) is 12.2. The van der Waals surface area contributed by atoms with Crippen LogP contribution >= 0.6 is 0 Å². The normalized spacial score (nSPS) is 14.9. The number of rotatable bonds is 6. The number of hydrogen-bond acceptors (Lipinski definition) is 2. The minimum absolute atomic E-state index is 0.0184. The molecule has 0 radical (unpaired) electrons. The molecule has 0 aromatic heterocycles. The van der Waals surface area contributed by atoms with E-state index in [0.717, 1.165) is 23.5 Å². The number of para-hydroxylation sites is 1. The third-order valence-electron chi connectivity index (χ3n) is 4.70. The van der Waals surface area contributed by atoms with Gasteiger partial charge in [-0.15, -0.1) is 0 Å². The number of quaternary nitrogens is 1. The number of carbonyl (C=O) groups excluding carboxylic acids is 1. The number of likely N-dealkylation sites (tertiary alicyclic amines) is 1. The summed E-state index contributed by atoms with van der Waals surface area (Å²) in [5.41, 5.74) is 3.17. The quantitative estimate of drug-likeness (QED) is 0.849. The lowest BCUT2D eigenvalue weighted by atomic mass is 10.1. The Morgan fingerprint density at radius 1 is 1.04 bits per heavy atom. The third kappa shape index (κ3) is 5.33. The van der Waals surface area contributed by atoms with E-state index in [2.05, 4.69) is 17.4 Å². The van der Waals surface area contributed by atoms with Crippen LogP contribution in [0.3, 0.4) is 0 Å². The minimum Gasteiger partial charge on any atom is -0.483 e. The predicted octanol–water partition coefficient (Wildman–Crippen LogP) is 2.58. The Hall–Kier alpha value is -2.33. The van der Waals surface area contributed by atoms with Crippen molar-refractivity contribution in [1.82, 2.24) is 0 Å². The van der Waals surface area contributed by atoms with Crippen molar-refractivity contribution in [3.8, 4) is 5.75 Å². The van der Waals surface area contributed by atoms with Crippen molar-refractivity contribution in [2.24, 2.45) is 0 Å². The van der Waals surface area contributed by atoms with Crippen molar-refractivity contribution in [3.63, 3.8) is 0 Å². The minimum atomic E-state index is -0.141. The van der Waals surface area contributed by atoms with E-state index in [1.165, 1.54) is 37.9 Å². The molecule has 2 aromatic carbocycles. The molecule has 25 heavy (non-hydrogen) atoms. The van der Waals surface area contributed by atoms with Gasteiger partial charge in [0.1, 0.15) is 12.3 Å². The van der Waals surface area contributed by atoms with E-state index in [1.54, 1.807) is 4.90 Å². The van der Waals surface area contributed by atoms with Crippen molar-refractivity contribution in [1.29, 1.82) is 0 Å². The molecule has 2 N–H and O–H groups in total. The van der Waals surface area contributed by atoms with E-state index in [1.807, 2.05) is 43.3 Å². The summed E-state index contributed by atoms with van der Waals surface area (Å²) in [6.45, 7) is 5.61. The second kappa shape index (κ2) is 8.67. The molecule has 0 atom stereocenters. The van der Waals surface area contributed by atoms with E-state index in [4.69, 9.17) is 4.74 Å². The van der Waals surface area contributed by atoms with Gasteiger partial charge in [0.25, 0.3) is 5.91 Å². The highest BCUT2D eigenvalue weighted by atomic mass is 16.5. The van der Waals surface area contributed by atoms with Crippen LogP contribution in [-0.2, 0) is 11.3 Å². The average molecular weight is 339 g/mol. The molecule has 1 amide bonds. The van der Waals surface area contributed by atoms with Gasteiger partial charge in [0.15, 0.2) is 6.61 Å². The smallest absolute Gasteiger partial charge is 0.262 e. The summed E-state index contributed by atoms with van der Waals surface area (Å²) in [5.74, 6) is 0.607. The second-order valence-electron chi connectivity index (χ2n) is 6.79. The van der Waals surface area contributed by atoms with Gasteiger partial charge in [0.05, 0.1) is 13.1 Å². The zero-order chi connectivity index (χ0) is 17.5. The monoisotopic (exact) mass is 339 g/mol. The summed E-state index contributed by atoms with van der Waals surface area (Å²) in [6, 6.07) is 15.9. The molecule has 0 unspecified atom stereocenters.